The van der Waals surface area contributed by atoms with Gasteiger partial charge in [0.25, 0.3) is 12.0 Å². The summed E-state index contributed by atoms with van der Waals surface area (Å²) in [6, 6.07) is 13.5. The van der Waals surface area contributed by atoms with Gasteiger partial charge in [-0.25, -0.2) is 8.78 Å². The molecule has 6 heteroatoms. The van der Waals surface area contributed by atoms with Crippen molar-refractivity contribution in [1.29, 1.82) is 0 Å². The maximum absolute atomic E-state index is 12.8. The Morgan fingerprint density at radius 1 is 1.09 bits per heavy atom. The van der Waals surface area contributed by atoms with Crippen LogP contribution in [0.2, 0.25) is 0 Å². The molecule has 0 fully saturated rings. The predicted molar refractivity (Wildman–Crippen MR) is 79.2 cm³/mol. The Morgan fingerprint density at radius 3 is 2.45 bits per heavy atom. The van der Waals surface area contributed by atoms with E-state index in [0.29, 0.717) is 16.9 Å². The highest BCUT2D eigenvalue weighted by Crippen LogP contribution is 2.24. The number of pyridine rings is 1. The van der Waals surface area contributed by atoms with Crippen LogP contribution in [0.25, 0.3) is 16.9 Å². The van der Waals surface area contributed by atoms with Crippen LogP contribution in [0, 0.1) is 0 Å². The van der Waals surface area contributed by atoms with Crippen molar-refractivity contribution >= 4 is 0 Å². The Kier molecular flexibility index (Phi) is 3.58. The van der Waals surface area contributed by atoms with Crippen LogP contribution in [0.3, 0.4) is 0 Å². The van der Waals surface area contributed by atoms with Crippen LogP contribution in [0.5, 0.6) is 0 Å². The zero-order chi connectivity index (χ0) is 15.7. The number of aryl methyl sites for hydroxylation is 1. The summed E-state index contributed by atoms with van der Waals surface area (Å²) in [5.74, 6) is 0. The Balaban J connectivity index is 2.12. The second-order valence-corrected chi connectivity index (χ2v) is 4.84. The third-order valence-electron chi connectivity index (χ3n) is 3.36. The second kappa shape index (κ2) is 5.55. The first-order chi connectivity index (χ1) is 10.6. The third kappa shape index (κ3) is 2.55. The average Bonchev–Trinajstić information content (AvgIpc) is 2.91. The van der Waals surface area contributed by atoms with Crippen LogP contribution >= 0.6 is 0 Å². The molecule has 2 aromatic heterocycles. The summed E-state index contributed by atoms with van der Waals surface area (Å²) >= 11 is 0. The standard InChI is InChI=1S/C16H13F2N3O/c1-20-14(9-13(19-20)16(17)18)11-7-8-15(22)21(10-11)12-5-3-2-4-6-12/h2-10,16H,1H3. The molecule has 0 atom stereocenters. The average molecular weight is 301 g/mol. The number of rotatable bonds is 3. The largest absolute Gasteiger partial charge is 0.284 e. The topological polar surface area (TPSA) is 39.8 Å². The molecule has 0 N–H and O–H groups in total. The molecule has 2 heterocycles. The number of benzene rings is 1. The minimum absolute atomic E-state index is 0.189. The van der Waals surface area contributed by atoms with Gasteiger partial charge in [0.05, 0.1) is 5.69 Å². The zero-order valence-corrected chi connectivity index (χ0v) is 11.8. The molecule has 1 aromatic carbocycles. The van der Waals surface area contributed by atoms with Crippen LogP contribution < -0.4 is 5.56 Å². The molecule has 0 aliphatic heterocycles. The van der Waals surface area contributed by atoms with Gasteiger partial charge in [-0.05, 0) is 24.3 Å². The van der Waals surface area contributed by atoms with Gasteiger partial charge in [-0.3, -0.25) is 14.0 Å². The zero-order valence-electron chi connectivity index (χ0n) is 11.8. The Labute approximate surface area is 125 Å². The van der Waals surface area contributed by atoms with Crippen LogP contribution in [0.15, 0.2) is 59.5 Å². The van der Waals surface area contributed by atoms with Gasteiger partial charge >= 0.3 is 0 Å². The lowest BCUT2D eigenvalue weighted by Gasteiger charge is -2.08. The third-order valence-corrected chi connectivity index (χ3v) is 3.36. The van der Waals surface area contributed by atoms with E-state index in [-0.39, 0.29) is 11.3 Å². The van der Waals surface area contributed by atoms with Crippen molar-refractivity contribution in [3.8, 4) is 16.9 Å². The van der Waals surface area contributed by atoms with Crippen molar-refractivity contribution in [2.75, 3.05) is 0 Å². The fraction of sp³-hybridized carbons (Fsp3) is 0.125. The van der Waals surface area contributed by atoms with E-state index >= 15 is 0 Å². The summed E-state index contributed by atoms with van der Waals surface area (Å²) in [7, 11) is 1.60. The SMILES string of the molecule is Cn1nc(C(F)F)cc1-c1ccc(=O)n(-c2ccccc2)c1. The van der Waals surface area contributed by atoms with Crippen molar-refractivity contribution in [2.45, 2.75) is 6.43 Å². The molecular weight excluding hydrogens is 288 g/mol. The molecule has 112 valence electrons. The summed E-state index contributed by atoms with van der Waals surface area (Å²) in [5.41, 5.74) is 1.41. The molecule has 0 aliphatic rings. The fourth-order valence-corrected chi connectivity index (χ4v) is 2.30. The van der Waals surface area contributed by atoms with E-state index in [1.165, 1.54) is 21.4 Å². The molecule has 0 aliphatic carbocycles. The lowest BCUT2D eigenvalue weighted by atomic mass is 10.2. The van der Waals surface area contributed by atoms with Gasteiger partial charge in [0.15, 0.2) is 0 Å². The first-order valence-corrected chi connectivity index (χ1v) is 6.67. The Morgan fingerprint density at radius 2 is 1.82 bits per heavy atom. The van der Waals surface area contributed by atoms with Gasteiger partial charge in [-0.1, -0.05) is 18.2 Å². The highest BCUT2D eigenvalue weighted by molar-refractivity contribution is 5.59. The lowest BCUT2D eigenvalue weighted by molar-refractivity contribution is 0.145. The number of hydrogen-bond acceptors (Lipinski definition) is 2. The van der Waals surface area contributed by atoms with Gasteiger partial charge in [0.1, 0.15) is 5.69 Å². The molecule has 0 spiro atoms. The van der Waals surface area contributed by atoms with Crippen LogP contribution in [0.1, 0.15) is 12.1 Å². The van der Waals surface area contributed by atoms with E-state index in [4.69, 9.17) is 0 Å². The van der Waals surface area contributed by atoms with Gasteiger partial charge in [-0.2, -0.15) is 5.10 Å². The molecular formula is C16H13F2N3O. The lowest BCUT2D eigenvalue weighted by Crippen LogP contribution is -2.16. The summed E-state index contributed by atoms with van der Waals surface area (Å²) in [5, 5.41) is 3.79. The maximum Gasteiger partial charge on any atom is 0.282 e. The van der Waals surface area contributed by atoms with E-state index in [0.717, 1.165) is 0 Å². The summed E-state index contributed by atoms with van der Waals surface area (Å²) < 4.78 is 28.4. The molecule has 0 amide bonds. The Bertz CT molecular complexity index is 853. The van der Waals surface area contributed by atoms with E-state index in [2.05, 4.69) is 5.10 Å². The minimum atomic E-state index is -2.63. The normalized spacial score (nSPS) is 11.1. The highest BCUT2D eigenvalue weighted by Gasteiger charge is 2.15. The molecule has 0 bridgehead atoms. The van der Waals surface area contributed by atoms with Crippen molar-refractivity contribution in [3.05, 3.63) is 70.8 Å². The molecule has 0 radical (unpaired) electrons. The van der Waals surface area contributed by atoms with Crippen LogP contribution in [-0.2, 0) is 7.05 Å². The highest BCUT2D eigenvalue weighted by atomic mass is 19.3. The molecule has 3 aromatic rings. The van der Waals surface area contributed by atoms with E-state index in [1.54, 1.807) is 31.4 Å². The molecule has 0 saturated heterocycles. The molecule has 22 heavy (non-hydrogen) atoms. The van der Waals surface area contributed by atoms with Crippen molar-refractivity contribution in [2.24, 2.45) is 7.05 Å². The van der Waals surface area contributed by atoms with Gasteiger partial charge in [-0.15, -0.1) is 0 Å². The van der Waals surface area contributed by atoms with Crippen molar-refractivity contribution in [1.82, 2.24) is 14.3 Å². The maximum atomic E-state index is 12.8. The van der Waals surface area contributed by atoms with E-state index in [9.17, 15) is 13.6 Å². The smallest absolute Gasteiger partial charge is 0.282 e. The first-order valence-electron chi connectivity index (χ1n) is 6.67. The quantitative estimate of drug-likeness (QED) is 0.745. The van der Waals surface area contributed by atoms with Crippen LogP contribution in [0.4, 0.5) is 8.78 Å². The number of hydrogen-bond donors (Lipinski definition) is 0. The summed E-state index contributed by atoms with van der Waals surface area (Å²) in [6.45, 7) is 0. The van der Waals surface area contributed by atoms with Gasteiger partial charge < -0.3 is 0 Å². The Hall–Kier alpha value is -2.76. The minimum Gasteiger partial charge on any atom is -0.284 e. The van der Waals surface area contributed by atoms with Crippen molar-refractivity contribution in [3.63, 3.8) is 0 Å². The van der Waals surface area contributed by atoms with Gasteiger partial charge in [0.2, 0.25) is 0 Å². The van der Waals surface area contributed by atoms with E-state index in [1.807, 2.05) is 18.2 Å². The molecule has 0 saturated carbocycles. The number of para-hydroxylation sites is 1. The van der Waals surface area contributed by atoms with Crippen molar-refractivity contribution < 1.29 is 8.78 Å². The monoisotopic (exact) mass is 301 g/mol. The van der Waals surface area contributed by atoms with Gasteiger partial charge in [0, 0.05) is 30.6 Å². The molecule has 3 rings (SSSR count). The number of alkyl halides is 2. The summed E-state index contributed by atoms with van der Waals surface area (Å²) in [4.78, 5) is 12.0. The number of nitrogens with zero attached hydrogens (tertiary/aromatic N) is 3. The molecule has 4 nitrogen and oxygen atoms in total. The second-order valence-electron chi connectivity index (χ2n) is 4.84. The number of aromatic nitrogens is 3. The first kappa shape index (κ1) is 14.2. The van der Waals surface area contributed by atoms with E-state index < -0.39 is 6.43 Å². The van der Waals surface area contributed by atoms with Crippen LogP contribution in [-0.4, -0.2) is 14.3 Å². The predicted octanol–water partition coefficient (Wildman–Crippen LogP) is 3.18. The molecule has 0 unspecified atom stereocenters. The number of halogens is 2. The fourth-order valence-electron chi connectivity index (χ4n) is 2.30. The summed E-state index contributed by atoms with van der Waals surface area (Å²) in [6.07, 6.45) is -0.996.